The van der Waals surface area contributed by atoms with Crippen LogP contribution in [0.3, 0.4) is 0 Å². The van der Waals surface area contributed by atoms with Crippen LogP contribution in [0.15, 0.2) is 17.0 Å². The Labute approximate surface area is 116 Å². The average Bonchev–Trinajstić information content (AvgIpc) is 2.31. The number of nitrogens with two attached hydrogens (primary N) is 1. The van der Waals surface area contributed by atoms with Crippen LogP contribution in [-0.4, -0.2) is 27.5 Å². The molecule has 1 aliphatic rings. The van der Waals surface area contributed by atoms with E-state index in [-0.39, 0.29) is 11.6 Å². The number of rotatable bonds is 4. The number of amides is 1. The fourth-order valence-electron chi connectivity index (χ4n) is 1.93. The van der Waals surface area contributed by atoms with Crippen molar-refractivity contribution in [3.8, 4) is 5.75 Å². The van der Waals surface area contributed by atoms with Crippen molar-refractivity contribution < 1.29 is 22.3 Å². The summed E-state index contributed by atoms with van der Waals surface area (Å²) in [4.78, 5) is 11.4. The smallest absolute Gasteiger partial charge is 0.251 e. The lowest BCUT2D eigenvalue weighted by Gasteiger charge is -2.26. The molecular formula is C12H15FN2O4S. The van der Waals surface area contributed by atoms with Crippen LogP contribution in [0.2, 0.25) is 0 Å². The van der Waals surface area contributed by atoms with Gasteiger partial charge in [0.25, 0.3) is 5.91 Å². The minimum absolute atomic E-state index is 0.0607. The Morgan fingerprint density at radius 2 is 2.10 bits per heavy atom. The van der Waals surface area contributed by atoms with E-state index in [0.29, 0.717) is 0 Å². The summed E-state index contributed by atoms with van der Waals surface area (Å²) in [5, 5.41) is 7.70. The third-order valence-corrected chi connectivity index (χ3v) is 4.14. The van der Waals surface area contributed by atoms with Gasteiger partial charge in [0.05, 0.1) is 7.11 Å². The van der Waals surface area contributed by atoms with Gasteiger partial charge >= 0.3 is 0 Å². The molecule has 0 aliphatic heterocycles. The molecule has 1 saturated carbocycles. The quantitative estimate of drug-likeness (QED) is 0.858. The first-order valence-corrected chi connectivity index (χ1v) is 7.58. The number of hydrogen-bond donors (Lipinski definition) is 2. The van der Waals surface area contributed by atoms with Gasteiger partial charge < -0.3 is 10.1 Å². The Hall–Kier alpha value is -1.67. The predicted octanol–water partition coefficient (Wildman–Crippen LogP) is 0.764. The standard InChI is InChI=1S/C12H15FN2O4S/c1-19-11-9(13)5-7(6-10(11)20(14,17)18)12(16)15-8-3-2-4-8/h5-6,8H,2-4H2,1H3,(H,15,16)(H2,14,17,18). The van der Waals surface area contributed by atoms with Crippen LogP contribution in [0.5, 0.6) is 5.75 Å². The van der Waals surface area contributed by atoms with Gasteiger partial charge in [0.2, 0.25) is 10.0 Å². The van der Waals surface area contributed by atoms with Gasteiger partial charge in [-0.25, -0.2) is 17.9 Å². The molecule has 0 radical (unpaired) electrons. The Morgan fingerprint density at radius 1 is 1.45 bits per heavy atom. The minimum Gasteiger partial charge on any atom is -0.492 e. The number of hydrogen-bond acceptors (Lipinski definition) is 4. The van der Waals surface area contributed by atoms with Gasteiger partial charge in [0.1, 0.15) is 4.90 Å². The normalized spacial score (nSPS) is 15.6. The largest absolute Gasteiger partial charge is 0.492 e. The Balaban J connectivity index is 2.39. The molecule has 6 nitrogen and oxygen atoms in total. The van der Waals surface area contributed by atoms with Gasteiger partial charge in [-0.05, 0) is 31.4 Å². The van der Waals surface area contributed by atoms with Crippen molar-refractivity contribution in [2.24, 2.45) is 5.14 Å². The van der Waals surface area contributed by atoms with Crippen LogP contribution in [0.1, 0.15) is 29.6 Å². The van der Waals surface area contributed by atoms with E-state index in [1.54, 1.807) is 0 Å². The van der Waals surface area contributed by atoms with Gasteiger partial charge in [-0.15, -0.1) is 0 Å². The summed E-state index contributed by atoms with van der Waals surface area (Å²) in [6.45, 7) is 0. The highest BCUT2D eigenvalue weighted by molar-refractivity contribution is 7.89. The van der Waals surface area contributed by atoms with Crippen LogP contribution in [0, 0.1) is 5.82 Å². The van der Waals surface area contributed by atoms with E-state index in [0.717, 1.165) is 38.5 Å². The number of sulfonamides is 1. The fourth-order valence-corrected chi connectivity index (χ4v) is 2.66. The zero-order valence-electron chi connectivity index (χ0n) is 10.8. The average molecular weight is 302 g/mol. The van der Waals surface area contributed by atoms with Gasteiger partial charge in [-0.2, -0.15) is 0 Å². The van der Waals surface area contributed by atoms with Crippen molar-refractivity contribution in [2.45, 2.75) is 30.2 Å². The van der Waals surface area contributed by atoms with Crippen molar-refractivity contribution in [3.05, 3.63) is 23.5 Å². The highest BCUT2D eigenvalue weighted by Gasteiger charge is 2.25. The van der Waals surface area contributed by atoms with Gasteiger partial charge in [0.15, 0.2) is 11.6 Å². The Morgan fingerprint density at radius 3 is 2.55 bits per heavy atom. The summed E-state index contributed by atoms with van der Waals surface area (Å²) >= 11 is 0. The molecular weight excluding hydrogens is 287 g/mol. The summed E-state index contributed by atoms with van der Waals surface area (Å²) in [6.07, 6.45) is 2.77. The van der Waals surface area contributed by atoms with E-state index >= 15 is 0 Å². The monoisotopic (exact) mass is 302 g/mol. The summed E-state index contributed by atoms with van der Waals surface area (Å²) in [5.74, 6) is -1.97. The molecule has 8 heteroatoms. The van der Waals surface area contributed by atoms with Crippen LogP contribution < -0.4 is 15.2 Å². The third kappa shape index (κ3) is 2.91. The van der Waals surface area contributed by atoms with Crippen molar-refractivity contribution in [1.82, 2.24) is 5.32 Å². The van der Waals surface area contributed by atoms with Gasteiger partial charge in [-0.1, -0.05) is 0 Å². The second-order valence-electron chi connectivity index (χ2n) is 4.64. The number of benzene rings is 1. The van der Waals surface area contributed by atoms with Gasteiger partial charge in [-0.3, -0.25) is 4.79 Å². The number of halogens is 1. The summed E-state index contributed by atoms with van der Waals surface area (Å²) in [7, 11) is -3.06. The lowest BCUT2D eigenvalue weighted by molar-refractivity contribution is 0.0916. The van der Waals surface area contributed by atoms with E-state index in [9.17, 15) is 17.6 Å². The molecule has 0 spiro atoms. The van der Waals surface area contributed by atoms with Crippen molar-refractivity contribution in [3.63, 3.8) is 0 Å². The first kappa shape index (κ1) is 14.7. The summed E-state index contributed by atoms with van der Waals surface area (Å²) in [6, 6.07) is 2.01. The summed E-state index contributed by atoms with van der Waals surface area (Å²) < 4.78 is 41.4. The molecule has 3 N–H and O–H groups in total. The fraction of sp³-hybridized carbons (Fsp3) is 0.417. The van der Waals surface area contributed by atoms with Crippen LogP contribution in [0.25, 0.3) is 0 Å². The molecule has 0 heterocycles. The lowest BCUT2D eigenvalue weighted by atomic mass is 9.93. The highest BCUT2D eigenvalue weighted by atomic mass is 32.2. The van der Waals surface area contributed by atoms with Crippen molar-refractivity contribution >= 4 is 15.9 Å². The molecule has 1 aromatic carbocycles. The molecule has 0 bridgehead atoms. The van der Waals surface area contributed by atoms with E-state index in [1.165, 1.54) is 0 Å². The molecule has 0 atom stereocenters. The number of carbonyl (C=O) groups is 1. The molecule has 20 heavy (non-hydrogen) atoms. The van der Waals surface area contributed by atoms with E-state index in [4.69, 9.17) is 5.14 Å². The minimum atomic E-state index is -4.19. The molecule has 1 amide bonds. The van der Waals surface area contributed by atoms with E-state index < -0.39 is 32.4 Å². The second kappa shape index (κ2) is 5.37. The number of nitrogens with one attached hydrogen (secondary N) is 1. The molecule has 1 aliphatic carbocycles. The van der Waals surface area contributed by atoms with Crippen LogP contribution in [-0.2, 0) is 10.0 Å². The van der Waals surface area contributed by atoms with Crippen LogP contribution >= 0.6 is 0 Å². The summed E-state index contributed by atoms with van der Waals surface area (Å²) in [5.41, 5.74) is -0.0979. The SMILES string of the molecule is COc1c(F)cc(C(=O)NC2CCC2)cc1S(N)(=O)=O. The molecule has 0 saturated heterocycles. The predicted molar refractivity (Wildman–Crippen MR) is 69.4 cm³/mol. The highest BCUT2D eigenvalue weighted by Crippen LogP contribution is 2.28. The maximum absolute atomic E-state index is 13.8. The first-order chi connectivity index (χ1) is 9.32. The number of methoxy groups -OCH3 is 1. The molecule has 110 valence electrons. The molecule has 0 aromatic heterocycles. The Bertz CT molecular complexity index is 641. The topological polar surface area (TPSA) is 98.5 Å². The van der Waals surface area contributed by atoms with Crippen molar-refractivity contribution in [2.75, 3.05) is 7.11 Å². The van der Waals surface area contributed by atoms with Crippen LogP contribution in [0.4, 0.5) is 4.39 Å². The maximum atomic E-state index is 13.8. The molecule has 1 fully saturated rings. The van der Waals surface area contributed by atoms with E-state index in [2.05, 4.69) is 10.1 Å². The maximum Gasteiger partial charge on any atom is 0.251 e. The zero-order valence-corrected chi connectivity index (χ0v) is 11.7. The third-order valence-electron chi connectivity index (χ3n) is 3.22. The number of primary sulfonamides is 1. The molecule has 2 rings (SSSR count). The van der Waals surface area contributed by atoms with Gasteiger partial charge in [0, 0.05) is 11.6 Å². The molecule has 1 aromatic rings. The Kier molecular flexibility index (Phi) is 3.96. The lowest BCUT2D eigenvalue weighted by Crippen LogP contribution is -2.39. The van der Waals surface area contributed by atoms with E-state index in [1.807, 2.05) is 0 Å². The zero-order chi connectivity index (χ0) is 14.9. The second-order valence-corrected chi connectivity index (χ2v) is 6.17. The number of ether oxygens (including phenoxy) is 1. The number of carbonyl (C=O) groups excluding carboxylic acids is 1. The molecule has 0 unspecified atom stereocenters. The van der Waals surface area contributed by atoms with Crippen molar-refractivity contribution in [1.29, 1.82) is 0 Å². The first-order valence-electron chi connectivity index (χ1n) is 6.04.